The van der Waals surface area contributed by atoms with Crippen molar-refractivity contribution in [1.82, 2.24) is 9.97 Å². The fourth-order valence-electron chi connectivity index (χ4n) is 3.41. The molecule has 1 aliphatic heterocycles. The third-order valence-corrected chi connectivity index (χ3v) is 5.01. The molecule has 3 aromatic rings. The molecule has 1 aliphatic rings. The topological polar surface area (TPSA) is 69.6 Å². The lowest BCUT2D eigenvalue weighted by Gasteiger charge is -2.38. The third kappa shape index (κ3) is 2.93. The van der Waals surface area contributed by atoms with Gasteiger partial charge in [-0.15, -0.1) is 0 Å². The Morgan fingerprint density at radius 1 is 1.00 bits per heavy atom. The van der Waals surface area contributed by atoms with Gasteiger partial charge in [0.05, 0.1) is 21.8 Å². The Bertz CT molecular complexity index is 971. The maximum absolute atomic E-state index is 11.4. The number of nitrogens with zero attached hydrogens (tertiary/aromatic N) is 4. The van der Waals surface area contributed by atoms with Crippen molar-refractivity contribution in [2.24, 2.45) is 0 Å². The fraction of sp³-hybridized carbons (Fsp3) is 0.211. The first kappa shape index (κ1) is 16.6. The molecule has 1 aromatic heterocycles. The van der Waals surface area contributed by atoms with E-state index in [4.69, 9.17) is 11.6 Å². The Morgan fingerprint density at radius 3 is 2.38 bits per heavy atom. The normalized spacial score (nSPS) is 14.7. The number of hydrogen-bond donors (Lipinski definition) is 1. The smallest absolute Gasteiger partial charge is 0.337 e. The number of aromatic carboxylic acids is 1. The summed E-state index contributed by atoms with van der Waals surface area (Å²) in [5.41, 5.74) is 2.67. The highest BCUT2D eigenvalue weighted by Crippen LogP contribution is 2.31. The van der Waals surface area contributed by atoms with Crippen LogP contribution in [0.5, 0.6) is 0 Å². The molecule has 2 aromatic carbocycles. The number of para-hydroxylation sites is 1. The second-order valence-corrected chi connectivity index (χ2v) is 6.56. The number of carbonyl (C=O) groups is 1. The summed E-state index contributed by atoms with van der Waals surface area (Å²) in [6.07, 6.45) is 3.07. The van der Waals surface area contributed by atoms with Crippen LogP contribution in [0.1, 0.15) is 10.4 Å². The van der Waals surface area contributed by atoms with E-state index in [0.717, 1.165) is 48.0 Å². The lowest BCUT2D eigenvalue weighted by atomic mass is 10.1. The Kier molecular flexibility index (Phi) is 4.34. The van der Waals surface area contributed by atoms with Crippen molar-refractivity contribution in [2.45, 2.75) is 0 Å². The molecule has 0 spiro atoms. The van der Waals surface area contributed by atoms with Gasteiger partial charge in [0, 0.05) is 43.4 Å². The van der Waals surface area contributed by atoms with Crippen molar-refractivity contribution in [2.75, 3.05) is 36.0 Å². The molecule has 6 nitrogen and oxygen atoms in total. The zero-order chi connectivity index (χ0) is 18.1. The summed E-state index contributed by atoms with van der Waals surface area (Å²) in [6.45, 7) is 3.28. The van der Waals surface area contributed by atoms with Crippen LogP contribution in [-0.4, -0.2) is 47.2 Å². The van der Waals surface area contributed by atoms with Crippen molar-refractivity contribution >= 4 is 39.8 Å². The average molecular weight is 369 g/mol. The minimum absolute atomic E-state index is 0.195. The van der Waals surface area contributed by atoms with Crippen LogP contribution >= 0.6 is 11.6 Å². The molecule has 0 unspecified atom stereocenters. The zero-order valence-corrected chi connectivity index (χ0v) is 14.7. The Balaban J connectivity index is 1.62. The highest BCUT2D eigenvalue weighted by Gasteiger charge is 2.22. The standard InChI is InChI=1S/C19H17ClN4O2/c20-15-3-1-2-4-17(15)24-9-7-23(8-10-24)16-6-5-13(19(25)26)18-14(16)11-21-12-22-18/h1-6,11-12H,7-10H2,(H,25,26). The van der Waals surface area contributed by atoms with E-state index in [9.17, 15) is 9.90 Å². The molecule has 0 radical (unpaired) electrons. The monoisotopic (exact) mass is 368 g/mol. The fourth-order valence-corrected chi connectivity index (χ4v) is 3.66. The van der Waals surface area contributed by atoms with E-state index in [-0.39, 0.29) is 5.56 Å². The zero-order valence-electron chi connectivity index (χ0n) is 14.0. The number of halogens is 1. The molecule has 26 heavy (non-hydrogen) atoms. The van der Waals surface area contributed by atoms with Crippen LogP contribution in [0.2, 0.25) is 5.02 Å². The molecular formula is C19H17ClN4O2. The summed E-state index contributed by atoms with van der Waals surface area (Å²) in [5.74, 6) is -0.983. The first-order valence-corrected chi connectivity index (χ1v) is 8.73. The summed E-state index contributed by atoms with van der Waals surface area (Å²) >= 11 is 6.31. The van der Waals surface area contributed by atoms with E-state index in [0.29, 0.717) is 5.52 Å². The molecule has 0 amide bonds. The van der Waals surface area contributed by atoms with Crippen LogP contribution in [0.3, 0.4) is 0 Å². The quantitative estimate of drug-likeness (QED) is 0.764. The number of anilines is 2. The van der Waals surface area contributed by atoms with Crippen LogP contribution in [0.15, 0.2) is 48.9 Å². The SMILES string of the molecule is O=C(O)c1ccc(N2CCN(c3ccccc3Cl)CC2)c2cncnc12. The van der Waals surface area contributed by atoms with E-state index in [1.165, 1.54) is 6.33 Å². The average Bonchev–Trinajstić information content (AvgIpc) is 2.67. The molecule has 7 heteroatoms. The van der Waals surface area contributed by atoms with Gasteiger partial charge in [-0.25, -0.2) is 14.8 Å². The number of benzene rings is 2. The van der Waals surface area contributed by atoms with E-state index in [1.807, 2.05) is 30.3 Å². The van der Waals surface area contributed by atoms with Gasteiger partial charge < -0.3 is 14.9 Å². The van der Waals surface area contributed by atoms with Gasteiger partial charge in [0.2, 0.25) is 0 Å². The van der Waals surface area contributed by atoms with Crippen LogP contribution in [-0.2, 0) is 0 Å². The van der Waals surface area contributed by atoms with Crippen molar-refractivity contribution in [3.8, 4) is 0 Å². The molecule has 0 saturated carbocycles. The van der Waals surface area contributed by atoms with Gasteiger partial charge in [-0.1, -0.05) is 23.7 Å². The lowest BCUT2D eigenvalue weighted by Crippen LogP contribution is -2.46. The molecule has 0 atom stereocenters. The second-order valence-electron chi connectivity index (χ2n) is 6.15. The summed E-state index contributed by atoms with van der Waals surface area (Å²) in [6, 6.07) is 11.3. The molecule has 1 saturated heterocycles. The van der Waals surface area contributed by atoms with Crippen LogP contribution in [0.4, 0.5) is 11.4 Å². The Labute approximate surface area is 155 Å². The number of hydrogen-bond acceptors (Lipinski definition) is 5. The van der Waals surface area contributed by atoms with E-state index in [2.05, 4.69) is 19.8 Å². The van der Waals surface area contributed by atoms with Crippen LogP contribution in [0.25, 0.3) is 10.9 Å². The molecule has 2 heterocycles. The number of carboxylic acids is 1. The van der Waals surface area contributed by atoms with Crippen molar-refractivity contribution in [3.63, 3.8) is 0 Å². The number of rotatable bonds is 3. The van der Waals surface area contributed by atoms with Gasteiger partial charge >= 0.3 is 5.97 Å². The van der Waals surface area contributed by atoms with Gasteiger partial charge in [0.1, 0.15) is 6.33 Å². The number of piperazine rings is 1. The Hall–Kier alpha value is -2.86. The third-order valence-electron chi connectivity index (χ3n) is 4.70. The predicted octanol–water partition coefficient (Wildman–Crippen LogP) is 3.31. The van der Waals surface area contributed by atoms with E-state index >= 15 is 0 Å². The molecule has 0 aliphatic carbocycles. The Morgan fingerprint density at radius 2 is 1.69 bits per heavy atom. The highest BCUT2D eigenvalue weighted by atomic mass is 35.5. The van der Waals surface area contributed by atoms with Gasteiger partial charge in [0.25, 0.3) is 0 Å². The molecular weight excluding hydrogens is 352 g/mol. The minimum Gasteiger partial charge on any atom is -0.478 e. The van der Waals surface area contributed by atoms with Crippen molar-refractivity contribution in [1.29, 1.82) is 0 Å². The van der Waals surface area contributed by atoms with Gasteiger partial charge in [-0.3, -0.25) is 0 Å². The maximum Gasteiger partial charge on any atom is 0.337 e. The highest BCUT2D eigenvalue weighted by molar-refractivity contribution is 6.33. The molecule has 132 valence electrons. The second kappa shape index (κ2) is 6.80. The number of aromatic nitrogens is 2. The first-order chi connectivity index (χ1) is 12.6. The summed E-state index contributed by atoms with van der Waals surface area (Å²) in [4.78, 5) is 24.2. The van der Waals surface area contributed by atoms with Gasteiger partial charge in [-0.05, 0) is 24.3 Å². The summed E-state index contributed by atoms with van der Waals surface area (Å²) < 4.78 is 0. The summed E-state index contributed by atoms with van der Waals surface area (Å²) in [5, 5.41) is 10.9. The maximum atomic E-state index is 11.4. The lowest BCUT2D eigenvalue weighted by molar-refractivity contribution is 0.0699. The van der Waals surface area contributed by atoms with Crippen molar-refractivity contribution < 1.29 is 9.90 Å². The predicted molar refractivity (Wildman–Crippen MR) is 102 cm³/mol. The van der Waals surface area contributed by atoms with E-state index < -0.39 is 5.97 Å². The summed E-state index contributed by atoms with van der Waals surface area (Å²) in [7, 11) is 0. The molecule has 1 fully saturated rings. The van der Waals surface area contributed by atoms with Gasteiger partial charge in [0.15, 0.2) is 0 Å². The molecule has 0 bridgehead atoms. The largest absolute Gasteiger partial charge is 0.478 e. The first-order valence-electron chi connectivity index (χ1n) is 8.35. The van der Waals surface area contributed by atoms with Gasteiger partial charge in [-0.2, -0.15) is 0 Å². The number of carboxylic acid groups (broad SMARTS) is 1. The van der Waals surface area contributed by atoms with Crippen molar-refractivity contribution in [3.05, 3.63) is 59.5 Å². The molecule has 4 rings (SSSR count). The van der Waals surface area contributed by atoms with Crippen LogP contribution in [0, 0.1) is 0 Å². The van der Waals surface area contributed by atoms with Crippen LogP contribution < -0.4 is 9.80 Å². The number of fused-ring (bicyclic) bond motifs is 1. The minimum atomic E-state index is -0.983. The molecule has 1 N–H and O–H groups in total. The van der Waals surface area contributed by atoms with E-state index in [1.54, 1.807) is 12.3 Å².